The second-order valence-electron chi connectivity index (χ2n) is 5.53. The van der Waals surface area contributed by atoms with Gasteiger partial charge in [0.05, 0.1) is 20.3 Å². The van der Waals surface area contributed by atoms with Gasteiger partial charge in [-0.3, -0.25) is 4.79 Å². The maximum Gasteiger partial charge on any atom is 0.306 e. The lowest BCUT2D eigenvalue weighted by atomic mass is 10.0. The highest BCUT2D eigenvalue weighted by Gasteiger charge is 2.05. The van der Waals surface area contributed by atoms with E-state index in [0.29, 0.717) is 25.7 Å². The number of aryl methyl sites for hydroxylation is 1. The molecular formula is C18H21NO6. The Morgan fingerprint density at radius 3 is 2.56 bits per heavy atom. The van der Waals surface area contributed by atoms with E-state index in [4.69, 9.17) is 9.47 Å². The van der Waals surface area contributed by atoms with Gasteiger partial charge in [0.15, 0.2) is 0 Å². The third-order valence-electron chi connectivity index (χ3n) is 3.73. The van der Waals surface area contributed by atoms with E-state index >= 15 is 0 Å². The summed E-state index contributed by atoms with van der Waals surface area (Å²) in [5, 5.41) is 11.3. The van der Waals surface area contributed by atoms with E-state index in [1.54, 1.807) is 7.11 Å². The monoisotopic (exact) mass is 347 g/mol. The van der Waals surface area contributed by atoms with Gasteiger partial charge in [-0.2, -0.15) is 0 Å². The van der Waals surface area contributed by atoms with Crippen LogP contribution in [0.1, 0.15) is 24.8 Å². The smallest absolute Gasteiger partial charge is 0.306 e. The van der Waals surface area contributed by atoms with Gasteiger partial charge < -0.3 is 14.3 Å². The summed E-state index contributed by atoms with van der Waals surface area (Å²) in [5.74, 6) is 0.539. The Hall–Kier alpha value is -2.83. The molecule has 7 nitrogen and oxygen atoms in total. The third kappa shape index (κ3) is 6.29. The lowest BCUT2D eigenvalue weighted by Gasteiger charge is -2.07. The number of ether oxygens (including phenoxy) is 2. The van der Waals surface area contributed by atoms with Crippen molar-refractivity contribution in [3.63, 3.8) is 0 Å². The molecule has 0 fully saturated rings. The third-order valence-corrected chi connectivity index (χ3v) is 3.73. The molecule has 7 heteroatoms. The molecule has 0 unspecified atom stereocenters. The van der Waals surface area contributed by atoms with Crippen LogP contribution in [-0.2, 0) is 20.8 Å². The predicted octanol–water partition coefficient (Wildman–Crippen LogP) is 3.31. The Kier molecular flexibility index (Phi) is 7.00. The fourth-order valence-corrected chi connectivity index (χ4v) is 2.40. The Morgan fingerprint density at radius 2 is 1.80 bits per heavy atom. The highest BCUT2D eigenvalue weighted by atomic mass is 16.9. The Balaban J connectivity index is 1.72. The minimum atomic E-state index is -0.828. The fourth-order valence-electron chi connectivity index (χ4n) is 2.40. The number of rotatable bonds is 10. The average Bonchev–Trinajstić information content (AvgIpc) is 2.62. The first-order valence-corrected chi connectivity index (χ1v) is 8.08. The van der Waals surface area contributed by atoms with E-state index in [0.717, 1.165) is 22.1 Å². The topological polar surface area (TPSA) is 87.9 Å². The lowest BCUT2D eigenvalue weighted by Crippen LogP contribution is -2.08. The van der Waals surface area contributed by atoms with Crippen LogP contribution >= 0.6 is 0 Å². The number of unbranched alkanes of at least 4 members (excludes halogenated alkanes) is 1. The van der Waals surface area contributed by atoms with Crippen LogP contribution in [0, 0.1) is 10.1 Å². The van der Waals surface area contributed by atoms with Crippen molar-refractivity contribution in [1.29, 1.82) is 0 Å². The molecule has 0 N–H and O–H groups in total. The number of carbonyl (C=O) groups is 1. The normalized spacial score (nSPS) is 10.4. The van der Waals surface area contributed by atoms with Crippen LogP contribution in [0.5, 0.6) is 5.75 Å². The number of fused-ring (bicyclic) bond motifs is 1. The summed E-state index contributed by atoms with van der Waals surface area (Å²) in [6.45, 7) is 0.268. The van der Waals surface area contributed by atoms with Crippen molar-refractivity contribution in [2.24, 2.45) is 0 Å². The van der Waals surface area contributed by atoms with E-state index in [1.807, 2.05) is 30.3 Å². The number of esters is 1. The summed E-state index contributed by atoms with van der Waals surface area (Å²) in [6.07, 6.45) is 1.91. The zero-order valence-corrected chi connectivity index (χ0v) is 14.1. The highest BCUT2D eigenvalue weighted by molar-refractivity contribution is 5.84. The van der Waals surface area contributed by atoms with Gasteiger partial charge in [0.1, 0.15) is 5.75 Å². The molecule has 2 aromatic carbocycles. The largest absolute Gasteiger partial charge is 0.497 e. The lowest BCUT2D eigenvalue weighted by molar-refractivity contribution is -0.757. The quantitative estimate of drug-likeness (QED) is 0.283. The standard InChI is InChI=1S/C18H21NO6/c1-23-17-8-7-15-12-14(4-6-16(15)13-17)5-9-18(20)24-10-2-3-11-25-19(21)22/h4,6-8,12-13H,2-3,5,9-11H2,1H3. The van der Waals surface area contributed by atoms with Gasteiger partial charge >= 0.3 is 5.97 Å². The van der Waals surface area contributed by atoms with Crippen molar-refractivity contribution in [2.75, 3.05) is 20.3 Å². The second kappa shape index (κ2) is 9.46. The summed E-state index contributed by atoms with van der Waals surface area (Å²) in [4.78, 5) is 25.9. The number of hydrogen-bond donors (Lipinski definition) is 0. The number of hydrogen-bond acceptors (Lipinski definition) is 6. The molecule has 0 saturated carbocycles. The van der Waals surface area contributed by atoms with E-state index in [2.05, 4.69) is 10.9 Å². The first-order chi connectivity index (χ1) is 12.1. The van der Waals surface area contributed by atoms with Crippen LogP contribution in [-0.4, -0.2) is 31.4 Å². The summed E-state index contributed by atoms with van der Waals surface area (Å²) >= 11 is 0. The Morgan fingerprint density at radius 1 is 1.08 bits per heavy atom. The molecule has 25 heavy (non-hydrogen) atoms. The molecule has 0 atom stereocenters. The predicted molar refractivity (Wildman–Crippen MR) is 92.0 cm³/mol. The van der Waals surface area contributed by atoms with Crippen molar-refractivity contribution in [3.05, 3.63) is 52.1 Å². The van der Waals surface area contributed by atoms with Crippen LogP contribution in [0.3, 0.4) is 0 Å². The average molecular weight is 347 g/mol. The second-order valence-corrected chi connectivity index (χ2v) is 5.53. The molecule has 0 aliphatic carbocycles. The molecular weight excluding hydrogens is 326 g/mol. The summed E-state index contributed by atoms with van der Waals surface area (Å²) in [7, 11) is 1.64. The van der Waals surface area contributed by atoms with Crippen LogP contribution in [0.25, 0.3) is 10.8 Å². The zero-order chi connectivity index (χ0) is 18.1. The summed E-state index contributed by atoms with van der Waals surface area (Å²) < 4.78 is 10.3. The van der Waals surface area contributed by atoms with Crippen molar-refractivity contribution in [2.45, 2.75) is 25.7 Å². The first kappa shape index (κ1) is 18.5. The molecule has 2 rings (SSSR count). The van der Waals surface area contributed by atoms with Crippen molar-refractivity contribution >= 4 is 16.7 Å². The summed E-state index contributed by atoms with van der Waals surface area (Å²) in [5.41, 5.74) is 1.06. The van der Waals surface area contributed by atoms with E-state index in [9.17, 15) is 14.9 Å². The molecule has 2 aromatic rings. The Labute approximate surface area is 145 Å². The number of methoxy groups -OCH3 is 1. The number of carbonyl (C=O) groups excluding carboxylic acids is 1. The first-order valence-electron chi connectivity index (χ1n) is 8.08. The molecule has 0 aliphatic rings. The summed E-state index contributed by atoms with van der Waals surface area (Å²) in [6, 6.07) is 11.9. The van der Waals surface area contributed by atoms with Gasteiger partial charge in [0.25, 0.3) is 5.09 Å². The maximum absolute atomic E-state index is 11.7. The minimum absolute atomic E-state index is 0.0203. The van der Waals surface area contributed by atoms with Crippen LogP contribution < -0.4 is 4.74 Å². The van der Waals surface area contributed by atoms with Crippen molar-refractivity contribution in [3.8, 4) is 5.75 Å². The molecule has 0 amide bonds. The van der Waals surface area contributed by atoms with Crippen molar-refractivity contribution < 1.29 is 24.2 Å². The fraction of sp³-hybridized carbons (Fsp3) is 0.389. The molecule has 134 valence electrons. The highest BCUT2D eigenvalue weighted by Crippen LogP contribution is 2.22. The maximum atomic E-state index is 11.7. The molecule has 0 saturated heterocycles. The van der Waals surface area contributed by atoms with Gasteiger partial charge in [-0.15, -0.1) is 10.1 Å². The number of nitrogens with zero attached hydrogens (tertiary/aromatic N) is 1. The molecule has 0 aromatic heterocycles. The molecule has 0 bridgehead atoms. The van der Waals surface area contributed by atoms with Gasteiger partial charge in [-0.1, -0.05) is 24.3 Å². The molecule has 0 aliphatic heterocycles. The van der Waals surface area contributed by atoms with Crippen LogP contribution in [0.15, 0.2) is 36.4 Å². The van der Waals surface area contributed by atoms with Crippen molar-refractivity contribution in [1.82, 2.24) is 0 Å². The van der Waals surface area contributed by atoms with Gasteiger partial charge in [-0.05, 0) is 47.7 Å². The molecule has 0 spiro atoms. The van der Waals surface area contributed by atoms with E-state index in [-0.39, 0.29) is 19.2 Å². The van der Waals surface area contributed by atoms with E-state index in [1.165, 1.54) is 0 Å². The van der Waals surface area contributed by atoms with Crippen LogP contribution in [0.2, 0.25) is 0 Å². The van der Waals surface area contributed by atoms with Crippen LogP contribution in [0.4, 0.5) is 0 Å². The van der Waals surface area contributed by atoms with E-state index < -0.39 is 5.09 Å². The Bertz CT molecular complexity index is 731. The van der Waals surface area contributed by atoms with Gasteiger partial charge in [0.2, 0.25) is 0 Å². The van der Waals surface area contributed by atoms with Gasteiger partial charge in [-0.25, -0.2) is 0 Å². The minimum Gasteiger partial charge on any atom is -0.497 e. The molecule has 0 radical (unpaired) electrons. The van der Waals surface area contributed by atoms with Gasteiger partial charge in [0, 0.05) is 6.42 Å². The number of benzene rings is 2. The SMILES string of the molecule is COc1ccc2cc(CCC(=O)OCCCCO[N+](=O)[O-])ccc2c1. The zero-order valence-electron chi connectivity index (χ0n) is 14.1. The molecule has 0 heterocycles.